The van der Waals surface area contributed by atoms with Crippen LogP contribution in [0.5, 0.6) is 0 Å². The molecule has 0 aromatic heterocycles. The maximum absolute atomic E-state index is 13.2. The molecular formula is C18H20F2N2O2. The molecule has 0 saturated carbocycles. The topological polar surface area (TPSA) is 52.6 Å². The molecule has 0 saturated heterocycles. The maximum Gasteiger partial charge on any atom is 0.251 e. The van der Waals surface area contributed by atoms with Crippen LogP contribution in [0.2, 0.25) is 0 Å². The van der Waals surface area contributed by atoms with Crippen molar-refractivity contribution < 1.29 is 18.7 Å². The highest BCUT2D eigenvalue weighted by Crippen LogP contribution is 2.18. The first-order valence-electron chi connectivity index (χ1n) is 7.53. The van der Waals surface area contributed by atoms with Crippen LogP contribution in [0.3, 0.4) is 0 Å². The number of hydrogen-bond donors (Lipinski definition) is 2. The standard InChI is InChI=1S/C18H20F2N2O2/c1-21-18(24)13-5-3-12(4-6-13)10-22(2)11-17(23)14-7-8-15(19)16(20)9-14/h3-9,17,23H,10-11H2,1-2H3,(H,21,24). The van der Waals surface area contributed by atoms with E-state index < -0.39 is 17.7 Å². The molecule has 0 aliphatic carbocycles. The molecule has 2 N–H and O–H groups in total. The van der Waals surface area contributed by atoms with Crippen LogP contribution in [-0.4, -0.2) is 36.6 Å². The minimum Gasteiger partial charge on any atom is -0.387 e. The minimum absolute atomic E-state index is 0.149. The molecule has 0 aliphatic rings. The summed E-state index contributed by atoms with van der Waals surface area (Å²) in [7, 11) is 3.39. The molecule has 0 bridgehead atoms. The van der Waals surface area contributed by atoms with Gasteiger partial charge in [-0.2, -0.15) is 0 Å². The number of rotatable bonds is 6. The lowest BCUT2D eigenvalue weighted by Crippen LogP contribution is -2.24. The molecule has 4 nitrogen and oxygen atoms in total. The van der Waals surface area contributed by atoms with Crippen LogP contribution in [0.4, 0.5) is 8.78 Å². The van der Waals surface area contributed by atoms with Crippen molar-refractivity contribution in [2.45, 2.75) is 12.6 Å². The molecule has 2 aromatic rings. The molecule has 0 heterocycles. The van der Waals surface area contributed by atoms with Crippen molar-refractivity contribution in [3.63, 3.8) is 0 Å². The summed E-state index contributed by atoms with van der Waals surface area (Å²) < 4.78 is 26.2. The van der Waals surface area contributed by atoms with E-state index in [2.05, 4.69) is 5.32 Å². The van der Waals surface area contributed by atoms with E-state index in [4.69, 9.17) is 0 Å². The van der Waals surface area contributed by atoms with Crippen LogP contribution in [0.25, 0.3) is 0 Å². The average molecular weight is 334 g/mol. The van der Waals surface area contributed by atoms with Crippen LogP contribution >= 0.6 is 0 Å². The van der Waals surface area contributed by atoms with Crippen molar-refractivity contribution in [3.05, 3.63) is 70.8 Å². The number of carbonyl (C=O) groups excluding carboxylic acids is 1. The van der Waals surface area contributed by atoms with Crippen molar-refractivity contribution in [1.82, 2.24) is 10.2 Å². The minimum atomic E-state index is -0.973. The summed E-state index contributed by atoms with van der Waals surface area (Å²) >= 11 is 0. The molecule has 0 radical (unpaired) electrons. The van der Waals surface area contributed by atoms with E-state index in [9.17, 15) is 18.7 Å². The number of carbonyl (C=O) groups is 1. The Balaban J connectivity index is 1.95. The highest BCUT2D eigenvalue weighted by Gasteiger charge is 2.13. The van der Waals surface area contributed by atoms with Crippen LogP contribution in [0.1, 0.15) is 27.6 Å². The zero-order valence-corrected chi connectivity index (χ0v) is 13.6. The maximum atomic E-state index is 13.2. The monoisotopic (exact) mass is 334 g/mol. The van der Waals surface area contributed by atoms with Gasteiger partial charge >= 0.3 is 0 Å². The van der Waals surface area contributed by atoms with Gasteiger partial charge in [-0.15, -0.1) is 0 Å². The van der Waals surface area contributed by atoms with E-state index in [1.54, 1.807) is 19.2 Å². The number of amides is 1. The van der Waals surface area contributed by atoms with Gasteiger partial charge in [0.05, 0.1) is 6.10 Å². The van der Waals surface area contributed by atoms with E-state index in [0.29, 0.717) is 17.7 Å². The van der Waals surface area contributed by atoms with Gasteiger partial charge in [-0.05, 0) is 42.4 Å². The zero-order valence-electron chi connectivity index (χ0n) is 13.6. The highest BCUT2D eigenvalue weighted by atomic mass is 19.2. The molecule has 0 aliphatic heterocycles. The van der Waals surface area contributed by atoms with Gasteiger partial charge in [-0.25, -0.2) is 8.78 Å². The summed E-state index contributed by atoms with van der Waals surface area (Å²) in [6.45, 7) is 0.816. The summed E-state index contributed by atoms with van der Waals surface area (Å²) in [6.07, 6.45) is -0.921. The lowest BCUT2D eigenvalue weighted by Gasteiger charge is -2.21. The Hall–Kier alpha value is -2.31. The fourth-order valence-corrected chi connectivity index (χ4v) is 2.40. The summed E-state index contributed by atoms with van der Waals surface area (Å²) in [5.41, 5.74) is 1.88. The Morgan fingerprint density at radius 3 is 2.42 bits per heavy atom. The summed E-state index contributed by atoms with van der Waals surface area (Å²) in [5, 5.41) is 12.7. The number of nitrogens with one attached hydrogen (secondary N) is 1. The van der Waals surface area contributed by atoms with Gasteiger partial charge in [0.1, 0.15) is 0 Å². The van der Waals surface area contributed by atoms with Crippen LogP contribution < -0.4 is 5.32 Å². The molecule has 2 rings (SSSR count). The number of likely N-dealkylation sites (N-methyl/N-ethyl adjacent to an activating group) is 1. The van der Waals surface area contributed by atoms with Crippen molar-refractivity contribution in [1.29, 1.82) is 0 Å². The van der Waals surface area contributed by atoms with E-state index in [1.165, 1.54) is 6.07 Å². The number of aliphatic hydroxyl groups excluding tert-OH is 1. The molecule has 1 amide bonds. The largest absolute Gasteiger partial charge is 0.387 e. The SMILES string of the molecule is CNC(=O)c1ccc(CN(C)CC(O)c2ccc(F)c(F)c2)cc1. The molecule has 0 spiro atoms. The third kappa shape index (κ3) is 4.59. The van der Waals surface area contributed by atoms with Crippen LogP contribution in [0, 0.1) is 11.6 Å². The quantitative estimate of drug-likeness (QED) is 0.853. The van der Waals surface area contributed by atoms with Crippen molar-refractivity contribution >= 4 is 5.91 Å². The van der Waals surface area contributed by atoms with Gasteiger partial charge in [-0.1, -0.05) is 18.2 Å². The van der Waals surface area contributed by atoms with Crippen molar-refractivity contribution in [2.24, 2.45) is 0 Å². The third-order valence-electron chi connectivity index (χ3n) is 3.71. The van der Waals surface area contributed by atoms with Crippen LogP contribution in [0.15, 0.2) is 42.5 Å². The van der Waals surface area contributed by atoms with E-state index in [0.717, 1.165) is 17.7 Å². The first kappa shape index (κ1) is 18.0. The number of benzene rings is 2. The Kier molecular flexibility index (Phi) is 6.00. The number of hydrogen-bond acceptors (Lipinski definition) is 3. The number of aliphatic hydroxyl groups is 1. The second-order valence-corrected chi connectivity index (χ2v) is 5.66. The molecule has 2 aromatic carbocycles. The van der Waals surface area contributed by atoms with E-state index >= 15 is 0 Å². The second-order valence-electron chi connectivity index (χ2n) is 5.66. The first-order chi connectivity index (χ1) is 11.4. The smallest absolute Gasteiger partial charge is 0.251 e. The van der Waals surface area contributed by atoms with Gasteiger partial charge in [0.15, 0.2) is 11.6 Å². The molecule has 0 fully saturated rings. The van der Waals surface area contributed by atoms with Crippen LogP contribution in [-0.2, 0) is 6.54 Å². The van der Waals surface area contributed by atoms with E-state index in [-0.39, 0.29) is 12.5 Å². The van der Waals surface area contributed by atoms with Gasteiger partial charge in [0.25, 0.3) is 5.91 Å². The first-order valence-corrected chi connectivity index (χ1v) is 7.53. The van der Waals surface area contributed by atoms with Crippen molar-refractivity contribution in [3.8, 4) is 0 Å². The third-order valence-corrected chi connectivity index (χ3v) is 3.71. The Bertz CT molecular complexity index is 705. The summed E-state index contributed by atoms with van der Waals surface area (Å²) in [5.74, 6) is -2.06. The highest BCUT2D eigenvalue weighted by molar-refractivity contribution is 5.93. The fourth-order valence-electron chi connectivity index (χ4n) is 2.40. The van der Waals surface area contributed by atoms with Gasteiger partial charge in [0, 0.05) is 25.7 Å². The number of nitrogens with zero attached hydrogens (tertiary/aromatic N) is 1. The lowest BCUT2D eigenvalue weighted by atomic mass is 10.1. The van der Waals surface area contributed by atoms with E-state index in [1.807, 2.05) is 24.1 Å². The fraction of sp³-hybridized carbons (Fsp3) is 0.278. The Morgan fingerprint density at radius 2 is 1.83 bits per heavy atom. The second kappa shape index (κ2) is 7.99. The molecule has 24 heavy (non-hydrogen) atoms. The normalized spacial score (nSPS) is 12.2. The average Bonchev–Trinajstić information content (AvgIpc) is 2.57. The van der Waals surface area contributed by atoms with Crippen molar-refractivity contribution in [2.75, 3.05) is 20.6 Å². The Labute approximate surface area is 139 Å². The van der Waals surface area contributed by atoms with Gasteiger partial charge < -0.3 is 10.4 Å². The van der Waals surface area contributed by atoms with Gasteiger partial charge in [-0.3, -0.25) is 9.69 Å². The Morgan fingerprint density at radius 1 is 1.17 bits per heavy atom. The zero-order chi connectivity index (χ0) is 17.7. The molecule has 1 atom stereocenters. The molecular weight excluding hydrogens is 314 g/mol. The molecule has 1 unspecified atom stereocenters. The lowest BCUT2D eigenvalue weighted by molar-refractivity contribution is 0.0963. The summed E-state index contributed by atoms with van der Waals surface area (Å²) in [6, 6.07) is 10.5. The predicted molar refractivity (Wildman–Crippen MR) is 87.5 cm³/mol. The molecule has 6 heteroatoms. The van der Waals surface area contributed by atoms with Gasteiger partial charge in [0.2, 0.25) is 0 Å². The predicted octanol–water partition coefficient (Wildman–Crippen LogP) is 2.49. The number of halogens is 2. The summed E-state index contributed by atoms with van der Waals surface area (Å²) in [4.78, 5) is 13.4. The molecule has 128 valence electrons.